The maximum absolute atomic E-state index is 12.6. The Bertz CT molecular complexity index is 686. The molecule has 1 aromatic rings. The highest BCUT2D eigenvalue weighted by atomic mass is 16.5. The van der Waals surface area contributed by atoms with Crippen molar-refractivity contribution in [2.75, 3.05) is 19.8 Å². The lowest BCUT2D eigenvalue weighted by atomic mass is 9.78. The van der Waals surface area contributed by atoms with Gasteiger partial charge in [0.2, 0.25) is 0 Å². The average molecular weight is 374 g/mol. The minimum atomic E-state index is -0.574. The Hall–Kier alpha value is -2.57. The normalized spacial score (nSPS) is 21.9. The molecular formula is C20H26N2O5. The molecule has 1 aliphatic heterocycles. The Morgan fingerprint density at radius 3 is 2.44 bits per heavy atom. The van der Waals surface area contributed by atoms with Crippen LogP contribution in [0, 0.1) is 5.92 Å². The molecule has 1 heterocycles. The number of amides is 2. The second-order valence-corrected chi connectivity index (χ2v) is 7.20. The maximum atomic E-state index is 12.6. The van der Waals surface area contributed by atoms with Crippen LogP contribution in [-0.4, -0.2) is 48.5 Å². The summed E-state index contributed by atoms with van der Waals surface area (Å²) in [5.74, 6) is -0.212. The zero-order valence-electron chi connectivity index (χ0n) is 15.4. The number of nitrogens with zero attached hydrogens (tertiary/aromatic N) is 1. The van der Waals surface area contributed by atoms with Crippen LogP contribution in [0.25, 0.3) is 0 Å². The van der Waals surface area contributed by atoms with Crippen LogP contribution in [0.15, 0.2) is 24.3 Å². The summed E-state index contributed by atoms with van der Waals surface area (Å²) in [7, 11) is 0. The van der Waals surface area contributed by atoms with Crippen LogP contribution >= 0.6 is 0 Å². The molecule has 1 saturated carbocycles. The van der Waals surface area contributed by atoms with Gasteiger partial charge < -0.3 is 20.1 Å². The lowest BCUT2D eigenvalue weighted by Crippen LogP contribution is -2.50. The average Bonchev–Trinajstić information content (AvgIpc) is 2.70. The number of likely N-dealkylation sites (tertiary alicyclic amines) is 1. The van der Waals surface area contributed by atoms with Gasteiger partial charge in [-0.25, -0.2) is 4.79 Å². The van der Waals surface area contributed by atoms with Gasteiger partial charge in [-0.15, -0.1) is 0 Å². The zero-order valence-corrected chi connectivity index (χ0v) is 15.4. The molecule has 2 N–H and O–H groups in total. The summed E-state index contributed by atoms with van der Waals surface area (Å²) < 4.78 is 10.4. The monoisotopic (exact) mass is 374 g/mol. The van der Waals surface area contributed by atoms with Crippen LogP contribution in [0.1, 0.15) is 48.9 Å². The number of ether oxygens (including phenoxy) is 2. The Kier molecular flexibility index (Phi) is 6.32. The third-order valence-corrected chi connectivity index (χ3v) is 5.36. The summed E-state index contributed by atoms with van der Waals surface area (Å²) in [4.78, 5) is 37.4. The van der Waals surface area contributed by atoms with E-state index in [0.29, 0.717) is 23.3 Å². The van der Waals surface area contributed by atoms with E-state index >= 15 is 0 Å². The van der Waals surface area contributed by atoms with Crippen LogP contribution in [0.4, 0.5) is 0 Å². The first-order valence-corrected chi connectivity index (χ1v) is 9.52. The van der Waals surface area contributed by atoms with Crippen molar-refractivity contribution in [1.82, 2.24) is 4.90 Å². The first-order chi connectivity index (χ1) is 13.0. The molecule has 146 valence electrons. The molecule has 0 unspecified atom stereocenters. The number of nitrogens with two attached hydrogens (primary N) is 1. The highest BCUT2D eigenvalue weighted by Gasteiger charge is 2.35. The summed E-state index contributed by atoms with van der Waals surface area (Å²) >= 11 is 0. The molecule has 2 fully saturated rings. The molecule has 7 nitrogen and oxygen atoms in total. The van der Waals surface area contributed by atoms with Gasteiger partial charge in [0.15, 0.2) is 13.2 Å². The van der Waals surface area contributed by atoms with E-state index in [0.717, 1.165) is 25.8 Å². The fraction of sp³-hybridized carbons (Fsp3) is 0.550. The van der Waals surface area contributed by atoms with Crippen molar-refractivity contribution >= 4 is 17.8 Å². The van der Waals surface area contributed by atoms with Gasteiger partial charge in [0.05, 0.1) is 5.56 Å². The predicted octanol–water partition coefficient (Wildman–Crippen LogP) is 1.89. The number of piperidine rings is 1. The first kappa shape index (κ1) is 19.2. The Labute approximate surface area is 158 Å². The number of esters is 1. The van der Waals surface area contributed by atoms with Crippen molar-refractivity contribution in [3.63, 3.8) is 0 Å². The van der Waals surface area contributed by atoms with Crippen LogP contribution in [0.2, 0.25) is 0 Å². The summed E-state index contributed by atoms with van der Waals surface area (Å²) in [5.41, 5.74) is 5.34. The van der Waals surface area contributed by atoms with E-state index in [9.17, 15) is 14.4 Å². The summed E-state index contributed by atoms with van der Waals surface area (Å²) in [6.07, 6.45) is 6.87. The van der Waals surface area contributed by atoms with E-state index in [-0.39, 0.29) is 19.1 Å². The third-order valence-electron chi connectivity index (χ3n) is 5.36. The van der Waals surface area contributed by atoms with Gasteiger partial charge in [0.25, 0.3) is 11.8 Å². The van der Waals surface area contributed by atoms with Gasteiger partial charge in [-0.3, -0.25) is 9.59 Å². The molecule has 1 aliphatic carbocycles. The molecule has 2 amide bonds. The number of hydrogen-bond donors (Lipinski definition) is 1. The van der Waals surface area contributed by atoms with Crippen LogP contribution in [-0.2, 0) is 14.3 Å². The lowest BCUT2D eigenvalue weighted by Gasteiger charge is -2.44. The molecule has 7 heteroatoms. The predicted molar refractivity (Wildman–Crippen MR) is 98.1 cm³/mol. The largest absolute Gasteiger partial charge is 0.484 e. The maximum Gasteiger partial charge on any atom is 0.338 e. The van der Waals surface area contributed by atoms with Gasteiger partial charge in [0, 0.05) is 12.6 Å². The quantitative estimate of drug-likeness (QED) is 0.767. The summed E-state index contributed by atoms with van der Waals surface area (Å²) in [6, 6.07) is 6.47. The van der Waals surface area contributed by atoms with Gasteiger partial charge in [-0.1, -0.05) is 12.8 Å². The summed E-state index contributed by atoms with van der Waals surface area (Å²) in [5, 5.41) is 0. The highest BCUT2D eigenvalue weighted by Crippen LogP contribution is 2.35. The second kappa shape index (κ2) is 8.88. The SMILES string of the molecule is NC(=O)COc1ccc(C(=O)OCC(=O)N2CCC[C@H]3CCCC[C@H]32)cc1. The van der Waals surface area contributed by atoms with Crippen molar-refractivity contribution in [1.29, 1.82) is 0 Å². The topological polar surface area (TPSA) is 98.9 Å². The van der Waals surface area contributed by atoms with Crippen molar-refractivity contribution in [2.45, 2.75) is 44.6 Å². The molecule has 1 saturated heterocycles. The van der Waals surface area contributed by atoms with Gasteiger partial charge in [0.1, 0.15) is 5.75 Å². The van der Waals surface area contributed by atoms with E-state index in [4.69, 9.17) is 15.2 Å². The molecular weight excluding hydrogens is 348 g/mol. The van der Waals surface area contributed by atoms with Crippen LogP contribution in [0.5, 0.6) is 5.75 Å². The fourth-order valence-corrected chi connectivity index (χ4v) is 4.07. The number of primary amides is 1. The van der Waals surface area contributed by atoms with Crippen molar-refractivity contribution in [3.8, 4) is 5.75 Å². The van der Waals surface area contributed by atoms with E-state index < -0.39 is 11.9 Å². The first-order valence-electron chi connectivity index (χ1n) is 9.52. The Balaban J connectivity index is 1.50. The number of fused-ring (bicyclic) bond motifs is 1. The molecule has 1 aromatic carbocycles. The van der Waals surface area contributed by atoms with Crippen molar-refractivity contribution in [2.24, 2.45) is 11.7 Å². The standard InChI is InChI=1S/C20H26N2O5/c21-18(23)12-26-16-9-7-15(8-10-16)20(25)27-13-19(24)22-11-3-5-14-4-1-2-6-17(14)22/h7-10,14,17H,1-6,11-13H2,(H2,21,23)/t14-,17-/m1/s1. The lowest BCUT2D eigenvalue weighted by molar-refractivity contribution is -0.140. The minimum absolute atomic E-state index is 0.110. The van der Waals surface area contributed by atoms with E-state index in [1.165, 1.54) is 31.4 Å². The Morgan fingerprint density at radius 2 is 1.70 bits per heavy atom. The van der Waals surface area contributed by atoms with Gasteiger partial charge in [-0.2, -0.15) is 0 Å². The van der Waals surface area contributed by atoms with E-state index in [2.05, 4.69) is 0 Å². The van der Waals surface area contributed by atoms with E-state index in [1.807, 2.05) is 4.90 Å². The molecule has 3 rings (SSSR count). The van der Waals surface area contributed by atoms with Crippen molar-refractivity contribution < 1.29 is 23.9 Å². The molecule has 0 aromatic heterocycles. The molecule has 0 radical (unpaired) electrons. The van der Waals surface area contributed by atoms with Crippen LogP contribution < -0.4 is 10.5 Å². The Morgan fingerprint density at radius 1 is 1.00 bits per heavy atom. The minimum Gasteiger partial charge on any atom is -0.484 e. The number of benzene rings is 1. The van der Waals surface area contributed by atoms with Crippen LogP contribution in [0.3, 0.4) is 0 Å². The zero-order chi connectivity index (χ0) is 19.2. The third kappa shape index (κ3) is 4.99. The number of hydrogen-bond acceptors (Lipinski definition) is 5. The summed E-state index contributed by atoms with van der Waals surface area (Å²) in [6.45, 7) is 0.293. The number of carbonyl (C=O) groups is 3. The number of carbonyl (C=O) groups excluding carboxylic acids is 3. The van der Waals surface area contributed by atoms with Crippen molar-refractivity contribution in [3.05, 3.63) is 29.8 Å². The van der Waals surface area contributed by atoms with Gasteiger partial charge >= 0.3 is 5.97 Å². The highest BCUT2D eigenvalue weighted by molar-refractivity contribution is 5.91. The molecule has 0 spiro atoms. The van der Waals surface area contributed by atoms with Gasteiger partial charge in [-0.05, 0) is 55.9 Å². The molecule has 2 aliphatic rings. The van der Waals surface area contributed by atoms with E-state index in [1.54, 1.807) is 12.1 Å². The molecule has 0 bridgehead atoms. The number of rotatable bonds is 6. The molecule has 27 heavy (non-hydrogen) atoms. The smallest absolute Gasteiger partial charge is 0.338 e. The molecule has 2 atom stereocenters. The fourth-order valence-electron chi connectivity index (χ4n) is 4.07. The second-order valence-electron chi connectivity index (χ2n) is 7.20.